The average Bonchev–Trinajstić information content (AvgIpc) is 2.51. The average molecular weight is 286 g/mol. The maximum absolute atomic E-state index is 14.5. The number of nitrogens with zero attached hydrogens (tertiary/aromatic N) is 1. The van der Waals surface area contributed by atoms with Crippen LogP contribution in [0.15, 0.2) is 48.5 Å². The summed E-state index contributed by atoms with van der Waals surface area (Å²) in [5.41, 5.74) is 2.64. The summed E-state index contributed by atoms with van der Waals surface area (Å²) < 4.78 is 14.5. The molecule has 2 nitrogen and oxygen atoms in total. The minimum atomic E-state index is -0.164. The fraction of sp³-hybridized carbons (Fsp3) is 0.333. The van der Waals surface area contributed by atoms with Crippen LogP contribution < -0.4 is 10.2 Å². The number of hydrogen-bond acceptors (Lipinski definition) is 2. The van der Waals surface area contributed by atoms with E-state index in [1.165, 1.54) is 0 Å². The summed E-state index contributed by atoms with van der Waals surface area (Å²) in [5, 5.41) is 3.05. The molecule has 0 saturated heterocycles. The van der Waals surface area contributed by atoms with Crippen LogP contribution in [0.1, 0.15) is 25.3 Å². The van der Waals surface area contributed by atoms with Crippen LogP contribution in [0.2, 0.25) is 0 Å². The van der Waals surface area contributed by atoms with E-state index in [0.717, 1.165) is 30.6 Å². The minimum Gasteiger partial charge on any atom is -0.339 e. The Morgan fingerprint density at radius 3 is 2.48 bits per heavy atom. The van der Waals surface area contributed by atoms with E-state index in [2.05, 4.69) is 17.1 Å². The summed E-state index contributed by atoms with van der Waals surface area (Å²) >= 11 is 0. The highest BCUT2D eigenvalue weighted by atomic mass is 19.1. The maximum Gasteiger partial charge on any atom is 0.147 e. The van der Waals surface area contributed by atoms with Gasteiger partial charge in [-0.1, -0.05) is 37.6 Å². The van der Waals surface area contributed by atoms with E-state index in [9.17, 15) is 4.39 Å². The van der Waals surface area contributed by atoms with Crippen molar-refractivity contribution in [2.24, 2.45) is 0 Å². The molecule has 0 spiro atoms. The monoisotopic (exact) mass is 286 g/mol. The Labute approximate surface area is 126 Å². The number of benzene rings is 2. The summed E-state index contributed by atoms with van der Waals surface area (Å²) in [7, 11) is 1.86. The molecule has 2 aromatic carbocycles. The lowest BCUT2D eigenvalue weighted by molar-refractivity contribution is 0.619. The molecule has 1 N–H and O–H groups in total. The van der Waals surface area contributed by atoms with Gasteiger partial charge in [0.15, 0.2) is 0 Å². The quantitative estimate of drug-likeness (QED) is 0.807. The van der Waals surface area contributed by atoms with Gasteiger partial charge in [-0.2, -0.15) is 0 Å². The lowest BCUT2D eigenvalue weighted by atomic mass is 10.1. The third-order valence-corrected chi connectivity index (χ3v) is 3.49. The van der Waals surface area contributed by atoms with Crippen molar-refractivity contribution in [2.75, 3.05) is 18.5 Å². The fourth-order valence-corrected chi connectivity index (χ4v) is 2.40. The van der Waals surface area contributed by atoms with Gasteiger partial charge in [0.2, 0.25) is 0 Å². The van der Waals surface area contributed by atoms with E-state index in [1.54, 1.807) is 6.07 Å². The molecule has 21 heavy (non-hydrogen) atoms. The maximum atomic E-state index is 14.5. The number of halogens is 1. The molecule has 0 radical (unpaired) electrons. The predicted molar refractivity (Wildman–Crippen MR) is 87.5 cm³/mol. The molecule has 0 aliphatic heterocycles. The Morgan fingerprint density at radius 2 is 1.86 bits per heavy atom. The first kappa shape index (κ1) is 15.5. The van der Waals surface area contributed by atoms with Gasteiger partial charge in [-0.3, -0.25) is 0 Å². The highest BCUT2D eigenvalue weighted by Crippen LogP contribution is 2.28. The number of nitrogens with one attached hydrogen (secondary N) is 1. The molecule has 0 unspecified atom stereocenters. The van der Waals surface area contributed by atoms with Crippen LogP contribution in [0.4, 0.5) is 15.8 Å². The molecular weight excluding hydrogens is 263 g/mol. The van der Waals surface area contributed by atoms with Crippen LogP contribution >= 0.6 is 0 Å². The van der Waals surface area contributed by atoms with E-state index in [1.807, 2.05) is 49.5 Å². The summed E-state index contributed by atoms with van der Waals surface area (Å²) in [6.45, 7) is 3.65. The topological polar surface area (TPSA) is 15.3 Å². The molecule has 112 valence electrons. The lowest BCUT2D eigenvalue weighted by Crippen LogP contribution is -2.19. The first-order chi connectivity index (χ1) is 10.3. The molecular formula is C18H23FN2. The number of anilines is 2. The van der Waals surface area contributed by atoms with Crippen molar-refractivity contribution in [1.82, 2.24) is 5.32 Å². The zero-order chi connectivity index (χ0) is 15.1. The van der Waals surface area contributed by atoms with Crippen LogP contribution in [0.25, 0.3) is 0 Å². The van der Waals surface area contributed by atoms with Gasteiger partial charge < -0.3 is 10.2 Å². The van der Waals surface area contributed by atoms with Gasteiger partial charge in [0.1, 0.15) is 5.82 Å². The van der Waals surface area contributed by atoms with Crippen molar-refractivity contribution in [3.63, 3.8) is 0 Å². The number of para-hydroxylation sites is 1. The van der Waals surface area contributed by atoms with Crippen LogP contribution in [0.5, 0.6) is 0 Å². The molecule has 0 amide bonds. The molecule has 3 heteroatoms. The zero-order valence-corrected chi connectivity index (χ0v) is 12.8. The van der Waals surface area contributed by atoms with E-state index in [-0.39, 0.29) is 5.82 Å². The van der Waals surface area contributed by atoms with Gasteiger partial charge >= 0.3 is 0 Å². The highest BCUT2D eigenvalue weighted by molar-refractivity contribution is 5.64. The molecule has 0 saturated carbocycles. The van der Waals surface area contributed by atoms with E-state index in [4.69, 9.17) is 0 Å². The Bertz CT molecular complexity index is 554. The van der Waals surface area contributed by atoms with E-state index in [0.29, 0.717) is 12.2 Å². The molecule has 0 aliphatic carbocycles. The molecule has 0 heterocycles. The molecule has 0 aromatic heterocycles. The Balaban J connectivity index is 2.32. The second-order valence-corrected chi connectivity index (χ2v) is 5.16. The molecule has 2 rings (SSSR count). The van der Waals surface area contributed by atoms with E-state index < -0.39 is 0 Å². The fourth-order valence-electron chi connectivity index (χ4n) is 2.40. The first-order valence-electron chi connectivity index (χ1n) is 7.52. The molecule has 2 aromatic rings. The highest BCUT2D eigenvalue weighted by Gasteiger charge is 2.13. The molecule has 0 fully saturated rings. The van der Waals surface area contributed by atoms with Crippen molar-refractivity contribution in [2.45, 2.75) is 26.3 Å². The summed E-state index contributed by atoms with van der Waals surface area (Å²) in [5.74, 6) is -0.164. The number of rotatable bonds is 7. The van der Waals surface area contributed by atoms with Crippen LogP contribution in [0.3, 0.4) is 0 Å². The summed E-state index contributed by atoms with van der Waals surface area (Å²) in [6.07, 6.45) is 2.12. The number of unbranched alkanes of at least 4 members (excludes halogenated alkanes) is 1. The molecule has 0 bridgehead atoms. The summed E-state index contributed by atoms with van der Waals surface area (Å²) in [6, 6.07) is 15.5. The van der Waals surface area contributed by atoms with Crippen LogP contribution in [0, 0.1) is 5.82 Å². The largest absolute Gasteiger partial charge is 0.339 e. The Kier molecular flexibility index (Phi) is 5.76. The van der Waals surface area contributed by atoms with Gasteiger partial charge in [0.05, 0.1) is 5.69 Å². The third-order valence-electron chi connectivity index (χ3n) is 3.49. The van der Waals surface area contributed by atoms with Crippen molar-refractivity contribution in [1.29, 1.82) is 0 Å². The first-order valence-corrected chi connectivity index (χ1v) is 7.52. The second kappa shape index (κ2) is 7.79. The normalized spacial score (nSPS) is 10.6. The van der Waals surface area contributed by atoms with Gasteiger partial charge in [0.25, 0.3) is 0 Å². The molecule has 0 aliphatic rings. The number of hydrogen-bond donors (Lipinski definition) is 1. The zero-order valence-electron chi connectivity index (χ0n) is 12.8. The lowest BCUT2D eigenvalue weighted by Gasteiger charge is -2.25. The van der Waals surface area contributed by atoms with Crippen molar-refractivity contribution >= 4 is 11.4 Å². The standard InChI is InChI=1S/C18H23FN2/c1-3-4-12-21(16-8-6-5-7-9-16)18-11-10-15(14-20-2)13-17(18)19/h5-11,13,20H,3-4,12,14H2,1-2H3. The molecule has 0 atom stereocenters. The van der Waals surface area contributed by atoms with Crippen LogP contribution in [-0.2, 0) is 6.54 Å². The minimum absolute atomic E-state index is 0.164. The van der Waals surface area contributed by atoms with Gasteiger partial charge in [-0.05, 0) is 43.3 Å². The third kappa shape index (κ3) is 4.05. The van der Waals surface area contributed by atoms with Crippen molar-refractivity contribution < 1.29 is 4.39 Å². The Morgan fingerprint density at radius 1 is 1.10 bits per heavy atom. The van der Waals surface area contributed by atoms with Gasteiger partial charge in [-0.15, -0.1) is 0 Å². The SMILES string of the molecule is CCCCN(c1ccccc1)c1ccc(CNC)cc1F. The van der Waals surface area contributed by atoms with Crippen LogP contribution in [-0.4, -0.2) is 13.6 Å². The van der Waals surface area contributed by atoms with E-state index >= 15 is 0 Å². The predicted octanol–water partition coefficient (Wildman–Crippen LogP) is 4.48. The second-order valence-electron chi connectivity index (χ2n) is 5.16. The smallest absolute Gasteiger partial charge is 0.147 e. The van der Waals surface area contributed by atoms with Crippen molar-refractivity contribution in [3.05, 3.63) is 59.9 Å². The summed E-state index contributed by atoms with van der Waals surface area (Å²) in [4.78, 5) is 2.06. The van der Waals surface area contributed by atoms with Crippen molar-refractivity contribution in [3.8, 4) is 0 Å². The van der Waals surface area contributed by atoms with Gasteiger partial charge in [-0.25, -0.2) is 4.39 Å². The van der Waals surface area contributed by atoms with Gasteiger partial charge in [0, 0.05) is 18.8 Å². The Hall–Kier alpha value is -1.87.